The van der Waals surface area contributed by atoms with E-state index in [9.17, 15) is 31.2 Å². The van der Waals surface area contributed by atoms with Crippen LogP contribution in [0.1, 0.15) is 117 Å². The molecule has 0 bridgehead atoms. The van der Waals surface area contributed by atoms with E-state index >= 15 is 0 Å². The number of benzene rings is 1. The fourth-order valence-electron chi connectivity index (χ4n) is 3.01. The van der Waals surface area contributed by atoms with Gasteiger partial charge in [0.25, 0.3) is 0 Å². The summed E-state index contributed by atoms with van der Waals surface area (Å²) in [7, 11) is -6.63. The van der Waals surface area contributed by atoms with Crippen molar-refractivity contribution in [2.24, 2.45) is 10.8 Å². The van der Waals surface area contributed by atoms with Crippen molar-refractivity contribution in [1.29, 1.82) is 0 Å². The number of carbonyl (C=O) groups excluding carboxylic acids is 3. The molecular formula is C43H79N5O7S2. The van der Waals surface area contributed by atoms with E-state index in [0.29, 0.717) is 11.4 Å². The maximum absolute atomic E-state index is 11.7. The highest BCUT2D eigenvalue weighted by molar-refractivity contribution is 7.92. The first-order valence-electron chi connectivity index (χ1n) is 18.4. The molecule has 1 aromatic carbocycles. The molecule has 0 saturated carbocycles. The second kappa shape index (κ2) is 29.4. The Labute approximate surface area is 348 Å². The summed E-state index contributed by atoms with van der Waals surface area (Å²) in [5.74, 6) is -0.313. The molecule has 12 nitrogen and oxygen atoms in total. The Bertz CT molecular complexity index is 1570. The molecule has 1 aromatic rings. The fraction of sp³-hybridized carbons (Fsp3) is 0.558. The Hall–Kier alpha value is -3.85. The molecule has 0 unspecified atom stereocenters. The Morgan fingerprint density at radius 2 is 0.965 bits per heavy atom. The molecule has 0 saturated heterocycles. The van der Waals surface area contributed by atoms with Crippen LogP contribution in [-0.4, -0.2) is 64.3 Å². The van der Waals surface area contributed by atoms with E-state index in [1.54, 1.807) is 57.2 Å². The van der Waals surface area contributed by atoms with Gasteiger partial charge in [-0.05, 0) is 117 Å². The average Bonchev–Trinajstić information content (AvgIpc) is 3.01. The molecule has 57 heavy (non-hydrogen) atoms. The van der Waals surface area contributed by atoms with E-state index in [0.717, 1.165) is 18.4 Å². The number of hydrogen-bond donors (Lipinski definition) is 5. The predicted octanol–water partition coefficient (Wildman–Crippen LogP) is 7.95. The second-order valence-electron chi connectivity index (χ2n) is 17.9. The molecule has 0 heterocycles. The second-order valence-corrected chi connectivity index (χ2v) is 21.2. The van der Waals surface area contributed by atoms with E-state index in [1.807, 2.05) is 48.5 Å². The van der Waals surface area contributed by atoms with Gasteiger partial charge in [0, 0.05) is 35.1 Å². The van der Waals surface area contributed by atoms with E-state index < -0.39 is 31.1 Å². The van der Waals surface area contributed by atoms with Crippen LogP contribution in [0.25, 0.3) is 0 Å². The van der Waals surface area contributed by atoms with Crippen LogP contribution in [0.2, 0.25) is 0 Å². The van der Waals surface area contributed by atoms with Gasteiger partial charge in [0.15, 0.2) is 0 Å². The van der Waals surface area contributed by atoms with Gasteiger partial charge in [-0.15, -0.1) is 6.58 Å². The summed E-state index contributed by atoms with van der Waals surface area (Å²) in [6, 6.07) is 8.35. The van der Waals surface area contributed by atoms with Crippen molar-refractivity contribution >= 4 is 37.8 Å². The van der Waals surface area contributed by atoms with Gasteiger partial charge in [-0.2, -0.15) is 0 Å². The molecule has 5 N–H and O–H groups in total. The first kappa shape index (κ1) is 62.3. The van der Waals surface area contributed by atoms with Gasteiger partial charge in [0.05, 0.1) is 4.90 Å². The smallest absolute Gasteiger partial charge is 0.243 e. The maximum atomic E-state index is 11.7. The highest BCUT2D eigenvalue weighted by atomic mass is 32.2. The standard InChI is InChI=1S/C10H15NO2S.C9H17NO.C8H15NO.C7H13NO.C6H13NO2S.C3H6/c1-10(2,3)11-14(12,13)9-7-5-4-6-8-9;1-5-8(11)10-7-6-9(2,3)4;1-5-7(10)9-6-8(2,3)4;1-5-6(9)8-7(2,3)4;1-5-10(8,9)7-6(2,3)4;1-3-2/h4-8,11H,1-3H3;5H,1,6-7H2,2-4H3,(H,10,11);5H,1,6H2,2-4H3,(H,9,10);5H,1H2,2-4H3,(H,8,9);5,7H,1H2,2-4H3;3H,1H2,2H3. The summed E-state index contributed by atoms with van der Waals surface area (Å²) < 4.78 is 50.0. The van der Waals surface area contributed by atoms with Crippen LogP contribution >= 0.6 is 0 Å². The quantitative estimate of drug-likeness (QED) is 0.117. The van der Waals surface area contributed by atoms with Crippen molar-refractivity contribution in [1.82, 2.24) is 25.4 Å². The molecular weight excluding hydrogens is 763 g/mol. The number of nitrogens with one attached hydrogen (secondary N) is 5. The van der Waals surface area contributed by atoms with Crippen LogP contribution in [-0.2, 0) is 34.4 Å². The van der Waals surface area contributed by atoms with Crippen LogP contribution in [0, 0.1) is 10.8 Å². The topological polar surface area (TPSA) is 180 Å². The molecule has 0 fully saturated rings. The van der Waals surface area contributed by atoms with Gasteiger partial charge in [0.1, 0.15) is 0 Å². The highest BCUT2D eigenvalue weighted by Crippen LogP contribution is 2.17. The SMILES string of the molecule is C=CC.C=CC(=O)NC(C)(C)C.C=CC(=O)NCC(C)(C)C.C=CC(=O)NCCC(C)(C)C.C=CS(=O)(=O)NC(C)(C)C.CC(C)(C)NS(=O)(=O)c1ccccc1. The van der Waals surface area contributed by atoms with Crippen molar-refractivity contribution in [2.45, 2.75) is 139 Å². The van der Waals surface area contributed by atoms with Crippen LogP contribution in [0.4, 0.5) is 0 Å². The molecule has 0 radical (unpaired) electrons. The Morgan fingerprint density at radius 3 is 1.23 bits per heavy atom. The van der Waals surface area contributed by atoms with E-state index in [-0.39, 0.29) is 34.1 Å². The average molecular weight is 842 g/mol. The van der Waals surface area contributed by atoms with Crippen molar-refractivity contribution in [3.8, 4) is 0 Å². The van der Waals surface area contributed by atoms with Gasteiger partial charge in [-0.25, -0.2) is 26.3 Å². The molecule has 0 aliphatic rings. The number of hydrogen-bond acceptors (Lipinski definition) is 7. The molecule has 0 spiro atoms. The lowest BCUT2D eigenvalue weighted by molar-refractivity contribution is -0.118. The molecule has 330 valence electrons. The summed E-state index contributed by atoms with van der Waals surface area (Å²) in [6.07, 6.45) is 6.59. The lowest BCUT2D eigenvalue weighted by atomic mass is 9.92. The fourth-order valence-corrected chi connectivity index (χ4v) is 5.38. The van der Waals surface area contributed by atoms with Crippen LogP contribution in [0.15, 0.2) is 97.8 Å². The van der Waals surface area contributed by atoms with Crippen LogP contribution in [0.3, 0.4) is 0 Å². The lowest BCUT2D eigenvalue weighted by Gasteiger charge is -2.20. The van der Waals surface area contributed by atoms with E-state index in [4.69, 9.17) is 0 Å². The molecule has 0 aliphatic heterocycles. The molecule has 1 rings (SSSR count). The summed E-state index contributed by atoms with van der Waals surface area (Å²) in [5.41, 5.74) is -0.583. The highest BCUT2D eigenvalue weighted by Gasteiger charge is 2.21. The Kier molecular flexibility index (Phi) is 32.1. The first-order chi connectivity index (χ1) is 25.4. The van der Waals surface area contributed by atoms with Crippen LogP contribution in [0.5, 0.6) is 0 Å². The predicted molar refractivity (Wildman–Crippen MR) is 242 cm³/mol. The van der Waals surface area contributed by atoms with Crippen molar-refractivity contribution in [3.63, 3.8) is 0 Å². The van der Waals surface area contributed by atoms with E-state index in [1.165, 1.54) is 18.2 Å². The summed E-state index contributed by atoms with van der Waals surface area (Å²) >= 11 is 0. The molecule has 3 amide bonds. The maximum Gasteiger partial charge on any atom is 0.243 e. The molecule has 14 heteroatoms. The van der Waals surface area contributed by atoms with Crippen LogP contribution < -0.4 is 25.4 Å². The third-order valence-corrected chi connectivity index (χ3v) is 8.29. The Morgan fingerprint density at radius 1 is 0.579 bits per heavy atom. The number of carbonyl (C=O) groups is 3. The number of allylic oxidation sites excluding steroid dienone is 1. The van der Waals surface area contributed by atoms with Crippen molar-refractivity contribution in [2.75, 3.05) is 13.1 Å². The third-order valence-electron chi connectivity index (χ3n) is 5.18. The minimum Gasteiger partial charge on any atom is -0.353 e. The van der Waals surface area contributed by atoms with Crippen molar-refractivity contribution < 1.29 is 31.2 Å². The largest absolute Gasteiger partial charge is 0.353 e. The first-order valence-corrected chi connectivity index (χ1v) is 21.5. The lowest BCUT2D eigenvalue weighted by Crippen LogP contribution is -2.40. The monoisotopic (exact) mass is 842 g/mol. The summed E-state index contributed by atoms with van der Waals surface area (Å²) in [4.78, 5) is 32.2. The summed E-state index contributed by atoms with van der Waals surface area (Å²) in [6.45, 7) is 49.0. The zero-order valence-corrected chi connectivity index (χ0v) is 39.7. The Balaban J connectivity index is -0.000000196. The van der Waals surface area contributed by atoms with Gasteiger partial charge in [-0.3, -0.25) is 14.4 Å². The van der Waals surface area contributed by atoms with Gasteiger partial charge in [-0.1, -0.05) is 92.1 Å². The minimum absolute atomic E-state index is 0.0887. The zero-order chi connectivity index (χ0) is 46.5. The number of sulfonamides is 2. The van der Waals surface area contributed by atoms with Gasteiger partial charge < -0.3 is 16.0 Å². The van der Waals surface area contributed by atoms with Crippen molar-refractivity contribution in [3.05, 3.63) is 92.9 Å². The zero-order valence-electron chi connectivity index (χ0n) is 38.1. The molecule has 0 atom stereocenters. The van der Waals surface area contributed by atoms with Gasteiger partial charge in [0.2, 0.25) is 37.8 Å². The number of amides is 3. The normalized spacial score (nSPS) is 11.3. The number of rotatable bonds is 10. The third kappa shape index (κ3) is 54.3. The summed E-state index contributed by atoms with van der Waals surface area (Å²) in [5, 5.41) is 9.06. The molecule has 0 aromatic heterocycles. The van der Waals surface area contributed by atoms with Gasteiger partial charge >= 0.3 is 0 Å². The minimum atomic E-state index is -3.37. The molecule has 0 aliphatic carbocycles. The van der Waals surface area contributed by atoms with E-state index in [2.05, 4.69) is 99.8 Å².